The van der Waals surface area contributed by atoms with Crippen LogP contribution in [0.2, 0.25) is 0 Å². The number of aromatic nitrogens is 1. The van der Waals surface area contributed by atoms with E-state index in [0.717, 1.165) is 47.7 Å². The molecule has 5 nitrogen and oxygen atoms in total. The van der Waals surface area contributed by atoms with Gasteiger partial charge in [-0.05, 0) is 57.7 Å². The van der Waals surface area contributed by atoms with Gasteiger partial charge in [0.25, 0.3) is 5.91 Å². The van der Waals surface area contributed by atoms with E-state index in [1.165, 1.54) is 0 Å². The summed E-state index contributed by atoms with van der Waals surface area (Å²) in [6.07, 6.45) is 1.91. The lowest BCUT2D eigenvalue weighted by Gasteiger charge is -2.16. The van der Waals surface area contributed by atoms with E-state index in [9.17, 15) is 4.79 Å². The quantitative estimate of drug-likeness (QED) is 0.484. The highest BCUT2D eigenvalue weighted by Gasteiger charge is 2.11. The first kappa shape index (κ1) is 18.3. The highest BCUT2D eigenvalue weighted by molar-refractivity contribution is 6.07. The third-order valence-corrected chi connectivity index (χ3v) is 4.54. The maximum absolute atomic E-state index is 12.6. The number of rotatable bonds is 8. The van der Waals surface area contributed by atoms with Crippen molar-refractivity contribution < 1.29 is 4.79 Å². The molecule has 1 aromatic heterocycles. The first-order valence-electron chi connectivity index (χ1n) is 9.14. The Morgan fingerprint density at radius 2 is 1.85 bits per heavy atom. The number of carbonyl (C=O) groups is 1. The van der Waals surface area contributed by atoms with Gasteiger partial charge in [0, 0.05) is 17.3 Å². The molecule has 1 amide bonds. The molecule has 2 aromatic carbocycles. The smallest absolute Gasteiger partial charge is 0.253 e. The third kappa shape index (κ3) is 4.36. The first-order chi connectivity index (χ1) is 12.7. The predicted octanol–water partition coefficient (Wildman–Crippen LogP) is 2.79. The monoisotopic (exact) mass is 350 g/mol. The fourth-order valence-corrected chi connectivity index (χ4v) is 3.10. The van der Waals surface area contributed by atoms with Gasteiger partial charge >= 0.3 is 0 Å². The molecule has 0 saturated carbocycles. The van der Waals surface area contributed by atoms with Gasteiger partial charge in [-0.3, -0.25) is 4.79 Å². The van der Waals surface area contributed by atoms with Gasteiger partial charge in [-0.15, -0.1) is 0 Å². The highest BCUT2D eigenvalue weighted by Crippen LogP contribution is 2.22. The molecule has 136 valence electrons. The maximum atomic E-state index is 12.6. The van der Waals surface area contributed by atoms with Crippen molar-refractivity contribution in [3.63, 3.8) is 0 Å². The van der Waals surface area contributed by atoms with Crippen molar-refractivity contribution >= 4 is 27.7 Å². The van der Waals surface area contributed by atoms with Crippen LogP contribution in [0.4, 0.5) is 0 Å². The normalized spacial score (nSPS) is 11.3. The molecule has 0 radical (unpaired) electrons. The summed E-state index contributed by atoms with van der Waals surface area (Å²) in [5.41, 5.74) is 7.81. The van der Waals surface area contributed by atoms with Gasteiger partial charge in [0.15, 0.2) is 0 Å². The molecular weight excluding hydrogens is 324 g/mol. The number of amides is 1. The standard InChI is InChI=1S/C21H26N4O/c1-25(13-5-11-22)14-6-12-23-21(26)18-9-4-8-17-15-16-7-2-3-10-19(16)24-20(17)18/h2-4,7-10,15H,5-6,11-14,22H2,1H3,(H,23,26). The minimum Gasteiger partial charge on any atom is -0.352 e. The van der Waals surface area contributed by atoms with Crippen molar-refractivity contribution in [3.8, 4) is 0 Å². The predicted molar refractivity (Wildman–Crippen MR) is 107 cm³/mol. The Balaban J connectivity index is 1.67. The van der Waals surface area contributed by atoms with Crippen molar-refractivity contribution in [1.29, 1.82) is 0 Å². The molecule has 3 N–H and O–H groups in total. The molecule has 0 spiro atoms. The molecule has 3 aromatic rings. The zero-order chi connectivity index (χ0) is 18.4. The van der Waals surface area contributed by atoms with Gasteiger partial charge < -0.3 is 16.0 Å². The molecule has 3 rings (SSSR count). The van der Waals surface area contributed by atoms with E-state index < -0.39 is 0 Å². The number of pyridine rings is 1. The topological polar surface area (TPSA) is 71.2 Å². The molecule has 0 atom stereocenters. The summed E-state index contributed by atoms with van der Waals surface area (Å²) in [4.78, 5) is 19.6. The molecule has 0 saturated heterocycles. The fraction of sp³-hybridized carbons (Fsp3) is 0.333. The number of carbonyl (C=O) groups excluding carboxylic acids is 1. The van der Waals surface area contributed by atoms with Crippen LogP contribution in [-0.2, 0) is 0 Å². The lowest BCUT2D eigenvalue weighted by atomic mass is 10.1. The Morgan fingerprint density at radius 3 is 2.69 bits per heavy atom. The van der Waals surface area contributed by atoms with Gasteiger partial charge in [0.1, 0.15) is 0 Å². The first-order valence-corrected chi connectivity index (χ1v) is 9.14. The average molecular weight is 350 g/mol. The van der Waals surface area contributed by atoms with Crippen LogP contribution in [0.5, 0.6) is 0 Å². The molecule has 0 bridgehead atoms. The zero-order valence-corrected chi connectivity index (χ0v) is 15.2. The zero-order valence-electron chi connectivity index (χ0n) is 15.2. The van der Waals surface area contributed by atoms with E-state index in [2.05, 4.69) is 23.3 Å². The lowest BCUT2D eigenvalue weighted by molar-refractivity contribution is 0.0953. The van der Waals surface area contributed by atoms with Gasteiger partial charge in [0.2, 0.25) is 0 Å². The van der Waals surface area contributed by atoms with Gasteiger partial charge in [0.05, 0.1) is 16.6 Å². The van der Waals surface area contributed by atoms with E-state index in [-0.39, 0.29) is 5.91 Å². The number of hydrogen-bond acceptors (Lipinski definition) is 4. The summed E-state index contributed by atoms with van der Waals surface area (Å²) in [7, 11) is 2.08. The van der Waals surface area contributed by atoms with Gasteiger partial charge in [-0.1, -0.05) is 30.3 Å². The third-order valence-electron chi connectivity index (χ3n) is 4.54. The van der Waals surface area contributed by atoms with Crippen LogP contribution >= 0.6 is 0 Å². The summed E-state index contributed by atoms with van der Waals surface area (Å²) >= 11 is 0. The lowest BCUT2D eigenvalue weighted by Crippen LogP contribution is -2.29. The van der Waals surface area contributed by atoms with Crippen LogP contribution in [0.1, 0.15) is 23.2 Å². The number of nitrogens with two attached hydrogens (primary N) is 1. The number of para-hydroxylation sites is 2. The Hall–Kier alpha value is -2.50. The second kappa shape index (κ2) is 8.74. The van der Waals surface area contributed by atoms with Crippen molar-refractivity contribution in [2.75, 3.05) is 33.2 Å². The highest BCUT2D eigenvalue weighted by atomic mass is 16.1. The summed E-state index contributed by atoms with van der Waals surface area (Å²) in [5.74, 6) is -0.0667. The number of nitrogens with one attached hydrogen (secondary N) is 1. The van der Waals surface area contributed by atoms with Crippen molar-refractivity contribution in [3.05, 3.63) is 54.1 Å². The van der Waals surface area contributed by atoms with E-state index >= 15 is 0 Å². The number of fused-ring (bicyclic) bond motifs is 2. The summed E-state index contributed by atoms with van der Waals surface area (Å²) in [5, 5.41) is 5.09. The summed E-state index contributed by atoms with van der Waals surface area (Å²) < 4.78 is 0. The SMILES string of the molecule is CN(CCCN)CCCNC(=O)c1cccc2cc3ccccc3nc12. The van der Waals surface area contributed by atoms with Crippen molar-refractivity contribution in [1.82, 2.24) is 15.2 Å². The summed E-state index contributed by atoms with van der Waals surface area (Å²) in [6, 6.07) is 15.8. The molecule has 5 heteroatoms. The molecule has 1 heterocycles. The Kier molecular flexibility index (Phi) is 6.15. The van der Waals surface area contributed by atoms with Crippen LogP contribution < -0.4 is 11.1 Å². The van der Waals surface area contributed by atoms with Crippen LogP contribution in [0.3, 0.4) is 0 Å². The fourth-order valence-electron chi connectivity index (χ4n) is 3.10. The number of nitrogens with zero attached hydrogens (tertiary/aromatic N) is 2. The molecule has 0 aliphatic heterocycles. The molecule has 26 heavy (non-hydrogen) atoms. The van der Waals surface area contributed by atoms with Gasteiger partial charge in [-0.2, -0.15) is 0 Å². The molecule has 0 aliphatic rings. The Labute approximate surface area is 154 Å². The molecule has 0 unspecified atom stereocenters. The molecule has 0 aliphatic carbocycles. The number of benzene rings is 2. The van der Waals surface area contributed by atoms with Crippen LogP contribution in [0.15, 0.2) is 48.5 Å². The largest absolute Gasteiger partial charge is 0.352 e. The molecule has 0 fully saturated rings. The van der Waals surface area contributed by atoms with E-state index in [4.69, 9.17) is 10.7 Å². The van der Waals surface area contributed by atoms with Crippen LogP contribution in [0, 0.1) is 0 Å². The minimum absolute atomic E-state index is 0.0667. The second-order valence-electron chi connectivity index (χ2n) is 6.61. The van der Waals surface area contributed by atoms with Crippen molar-refractivity contribution in [2.24, 2.45) is 5.73 Å². The van der Waals surface area contributed by atoms with Crippen LogP contribution in [0.25, 0.3) is 21.8 Å². The molecular formula is C21H26N4O. The van der Waals surface area contributed by atoms with Gasteiger partial charge in [-0.25, -0.2) is 4.98 Å². The Bertz CT molecular complexity index is 893. The maximum Gasteiger partial charge on any atom is 0.253 e. The van der Waals surface area contributed by atoms with Crippen LogP contribution in [-0.4, -0.2) is 49.0 Å². The van der Waals surface area contributed by atoms with E-state index in [1.54, 1.807) is 0 Å². The minimum atomic E-state index is -0.0667. The van der Waals surface area contributed by atoms with E-state index in [0.29, 0.717) is 18.7 Å². The average Bonchev–Trinajstić information content (AvgIpc) is 2.67. The van der Waals surface area contributed by atoms with E-state index in [1.807, 2.05) is 42.5 Å². The second-order valence-corrected chi connectivity index (χ2v) is 6.61. The Morgan fingerprint density at radius 1 is 1.08 bits per heavy atom. The number of hydrogen-bond donors (Lipinski definition) is 2. The van der Waals surface area contributed by atoms with Crippen molar-refractivity contribution in [2.45, 2.75) is 12.8 Å². The summed E-state index contributed by atoms with van der Waals surface area (Å²) in [6.45, 7) is 3.29.